The van der Waals surface area contributed by atoms with Crippen LogP contribution in [0.4, 0.5) is 0 Å². The molecule has 0 atom stereocenters. The van der Waals surface area contributed by atoms with Gasteiger partial charge in [0.2, 0.25) is 0 Å². The first kappa shape index (κ1) is 18.2. The molecular weight excluding hydrogens is 318 g/mol. The number of hydrogen-bond acceptors (Lipinski definition) is 4. The zero-order valence-corrected chi connectivity index (χ0v) is 14.7. The minimum Gasteiger partial charge on any atom is -0.377 e. The Hall–Kier alpha value is -2.11. The summed E-state index contributed by atoms with van der Waals surface area (Å²) < 4.78 is 5.60. The van der Waals surface area contributed by atoms with E-state index < -0.39 is 0 Å². The van der Waals surface area contributed by atoms with Crippen molar-refractivity contribution in [3.63, 3.8) is 0 Å². The average Bonchev–Trinajstić information content (AvgIpc) is 2.62. The molecule has 2 aromatic carbocycles. The second kappa shape index (κ2) is 10.6. The highest BCUT2D eigenvalue weighted by atomic mass is 32.2. The number of benzene rings is 2. The van der Waals surface area contributed by atoms with Crippen LogP contribution >= 0.6 is 11.8 Å². The van der Waals surface area contributed by atoms with Gasteiger partial charge in [0.05, 0.1) is 12.8 Å². The van der Waals surface area contributed by atoms with Crippen LogP contribution in [0.25, 0.3) is 0 Å². The van der Waals surface area contributed by atoms with Gasteiger partial charge in [-0.1, -0.05) is 73.3 Å². The molecular formula is C19H23N3OS. The highest BCUT2D eigenvalue weighted by Gasteiger charge is 1.99. The third-order valence-corrected chi connectivity index (χ3v) is 4.10. The zero-order valence-electron chi connectivity index (χ0n) is 13.9. The van der Waals surface area contributed by atoms with Crippen molar-refractivity contribution in [3.05, 3.63) is 71.3 Å². The lowest BCUT2D eigenvalue weighted by atomic mass is 10.1. The van der Waals surface area contributed by atoms with Gasteiger partial charge in [0.1, 0.15) is 0 Å². The molecule has 24 heavy (non-hydrogen) atoms. The molecule has 5 heteroatoms. The van der Waals surface area contributed by atoms with E-state index in [0.29, 0.717) is 11.8 Å². The Kier molecular flexibility index (Phi) is 8.07. The molecule has 2 N–H and O–H groups in total. The fourth-order valence-corrected chi connectivity index (χ4v) is 2.64. The molecule has 0 spiro atoms. The van der Waals surface area contributed by atoms with Crippen LogP contribution in [0.15, 0.2) is 64.8 Å². The smallest absolute Gasteiger partial charge is 0.180 e. The van der Waals surface area contributed by atoms with Gasteiger partial charge in [0.15, 0.2) is 5.17 Å². The highest BCUT2D eigenvalue weighted by Crippen LogP contribution is 2.12. The van der Waals surface area contributed by atoms with E-state index in [1.165, 1.54) is 17.3 Å². The Labute approximate surface area is 147 Å². The first-order valence-electron chi connectivity index (χ1n) is 7.98. The van der Waals surface area contributed by atoms with Crippen LogP contribution in [-0.4, -0.2) is 18.0 Å². The maximum Gasteiger partial charge on any atom is 0.180 e. The summed E-state index contributed by atoms with van der Waals surface area (Å²) in [7, 11) is 0. The molecule has 126 valence electrons. The monoisotopic (exact) mass is 341 g/mol. The zero-order chi connectivity index (χ0) is 17.0. The van der Waals surface area contributed by atoms with E-state index in [4.69, 9.17) is 10.5 Å². The molecule has 0 aromatic heterocycles. The van der Waals surface area contributed by atoms with E-state index in [2.05, 4.69) is 29.3 Å². The molecule has 0 saturated carbocycles. The number of amidine groups is 1. The number of thioether (sulfide) groups is 1. The van der Waals surface area contributed by atoms with Crippen LogP contribution in [0.1, 0.15) is 30.0 Å². The van der Waals surface area contributed by atoms with E-state index in [1.54, 1.807) is 6.21 Å². The van der Waals surface area contributed by atoms with Crippen LogP contribution in [0.5, 0.6) is 0 Å². The van der Waals surface area contributed by atoms with Crippen LogP contribution < -0.4 is 5.73 Å². The summed E-state index contributed by atoms with van der Waals surface area (Å²) in [6.45, 7) is 3.43. The summed E-state index contributed by atoms with van der Waals surface area (Å²) in [6, 6.07) is 18.2. The third-order valence-electron chi connectivity index (χ3n) is 3.24. The first-order chi connectivity index (χ1) is 11.8. The Morgan fingerprint density at radius 3 is 2.67 bits per heavy atom. The third kappa shape index (κ3) is 6.56. The average molecular weight is 341 g/mol. The van der Waals surface area contributed by atoms with Crippen molar-refractivity contribution in [2.45, 2.75) is 25.7 Å². The lowest BCUT2D eigenvalue weighted by Gasteiger charge is -2.05. The van der Waals surface area contributed by atoms with Crippen molar-refractivity contribution in [1.82, 2.24) is 0 Å². The van der Waals surface area contributed by atoms with Gasteiger partial charge in [-0.3, -0.25) is 0 Å². The summed E-state index contributed by atoms with van der Waals surface area (Å²) >= 11 is 1.48. The highest BCUT2D eigenvalue weighted by molar-refractivity contribution is 8.13. The lowest BCUT2D eigenvalue weighted by Crippen LogP contribution is -2.06. The maximum absolute atomic E-state index is 5.90. The fourth-order valence-electron chi connectivity index (χ4n) is 2.03. The fraction of sp³-hybridized carbons (Fsp3) is 0.263. The molecule has 2 aromatic rings. The maximum atomic E-state index is 5.90. The topological polar surface area (TPSA) is 60.0 Å². The number of nitrogens with zero attached hydrogens (tertiary/aromatic N) is 2. The molecule has 4 nitrogen and oxygen atoms in total. The summed E-state index contributed by atoms with van der Waals surface area (Å²) in [5, 5.41) is 8.62. The van der Waals surface area contributed by atoms with E-state index >= 15 is 0 Å². The number of ether oxygens (including phenoxy) is 1. The minimum atomic E-state index is 0.454. The lowest BCUT2D eigenvalue weighted by molar-refractivity contribution is 0.121. The number of rotatable bonds is 8. The van der Waals surface area contributed by atoms with Crippen molar-refractivity contribution in [3.8, 4) is 0 Å². The second-order valence-electron chi connectivity index (χ2n) is 5.21. The normalized spacial score (nSPS) is 12.0. The molecule has 0 aliphatic heterocycles. The summed E-state index contributed by atoms with van der Waals surface area (Å²) in [4.78, 5) is 0. The van der Waals surface area contributed by atoms with Gasteiger partial charge in [-0.25, -0.2) is 0 Å². The SMILES string of the molecule is CCCOCc1ccccc1C=NN=C(N)SCc1ccccc1. The summed E-state index contributed by atoms with van der Waals surface area (Å²) in [5.74, 6) is 0.785. The predicted octanol–water partition coefficient (Wildman–Crippen LogP) is 4.20. The molecule has 0 unspecified atom stereocenters. The van der Waals surface area contributed by atoms with Gasteiger partial charge < -0.3 is 10.5 Å². The van der Waals surface area contributed by atoms with Gasteiger partial charge >= 0.3 is 0 Å². The van der Waals surface area contributed by atoms with Gasteiger partial charge in [-0.2, -0.15) is 5.10 Å². The molecule has 0 bridgehead atoms. The molecule has 0 heterocycles. The Morgan fingerprint density at radius 1 is 1.12 bits per heavy atom. The Morgan fingerprint density at radius 2 is 1.88 bits per heavy atom. The molecule has 0 amide bonds. The molecule has 0 aliphatic carbocycles. The Bertz CT molecular complexity index is 671. The number of nitrogens with two attached hydrogens (primary N) is 1. The van der Waals surface area contributed by atoms with Crippen LogP contribution in [0.3, 0.4) is 0 Å². The quantitative estimate of drug-likeness (QED) is 0.339. The predicted molar refractivity (Wildman–Crippen MR) is 103 cm³/mol. The van der Waals surface area contributed by atoms with Crippen molar-refractivity contribution in [2.24, 2.45) is 15.9 Å². The largest absolute Gasteiger partial charge is 0.377 e. The van der Waals surface area contributed by atoms with Crippen molar-refractivity contribution in [1.29, 1.82) is 0 Å². The minimum absolute atomic E-state index is 0.454. The van der Waals surface area contributed by atoms with Gasteiger partial charge in [-0.05, 0) is 17.5 Å². The van der Waals surface area contributed by atoms with E-state index in [0.717, 1.165) is 29.9 Å². The molecule has 0 radical (unpaired) electrons. The van der Waals surface area contributed by atoms with E-state index in [-0.39, 0.29) is 0 Å². The molecule has 2 rings (SSSR count). The number of hydrogen-bond donors (Lipinski definition) is 1. The Balaban J connectivity index is 1.90. The van der Waals surface area contributed by atoms with Gasteiger partial charge in [0.25, 0.3) is 0 Å². The van der Waals surface area contributed by atoms with Crippen LogP contribution in [0, 0.1) is 0 Å². The molecule has 0 saturated heterocycles. The van der Waals surface area contributed by atoms with Crippen LogP contribution in [-0.2, 0) is 17.1 Å². The summed E-state index contributed by atoms with van der Waals surface area (Å²) in [6.07, 6.45) is 2.73. The van der Waals surface area contributed by atoms with Crippen molar-refractivity contribution in [2.75, 3.05) is 6.61 Å². The van der Waals surface area contributed by atoms with Crippen molar-refractivity contribution < 1.29 is 4.74 Å². The first-order valence-corrected chi connectivity index (χ1v) is 8.97. The second-order valence-corrected chi connectivity index (χ2v) is 6.20. The van der Waals surface area contributed by atoms with Gasteiger partial charge in [-0.15, -0.1) is 5.10 Å². The standard InChI is InChI=1S/C19H23N3OS/c1-2-12-23-14-18-11-7-6-10-17(18)13-21-22-19(20)24-15-16-8-4-3-5-9-16/h3-11,13H,2,12,14-15H2,1H3,(H2,20,22). The van der Waals surface area contributed by atoms with E-state index in [9.17, 15) is 0 Å². The van der Waals surface area contributed by atoms with Crippen molar-refractivity contribution >= 4 is 23.1 Å². The van der Waals surface area contributed by atoms with Crippen LogP contribution in [0.2, 0.25) is 0 Å². The molecule has 0 fully saturated rings. The summed E-state index contributed by atoms with van der Waals surface area (Å²) in [5.41, 5.74) is 9.20. The van der Waals surface area contributed by atoms with E-state index in [1.807, 2.05) is 42.5 Å². The molecule has 0 aliphatic rings. The van der Waals surface area contributed by atoms with Gasteiger partial charge in [0, 0.05) is 17.9 Å².